The number of ether oxygens (including phenoxy) is 1. The largest absolute Gasteiger partial charge is 0.373 e. The van der Waals surface area contributed by atoms with Gasteiger partial charge in [-0.05, 0) is 43.4 Å². The summed E-state index contributed by atoms with van der Waals surface area (Å²) in [7, 11) is 1.77. The molecule has 2 atom stereocenters. The number of benzene rings is 1. The lowest BCUT2D eigenvalue weighted by Gasteiger charge is -2.55. The molecule has 2 bridgehead atoms. The van der Waals surface area contributed by atoms with Gasteiger partial charge in [-0.25, -0.2) is 4.39 Å². The number of rotatable bonds is 5. The Hall–Kier alpha value is -1.46. The first kappa shape index (κ1) is 17.0. The number of hydrogen-bond acceptors (Lipinski definition) is 3. The summed E-state index contributed by atoms with van der Waals surface area (Å²) in [6.07, 6.45) is 4.73. The second kappa shape index (κ2) is 6.06. The van der Waals surface area contributed by atoms with Crippen molar-refractivity contribution in [3.05, 3.63) is 35.4 Å². The maximum atomic E-state index is 14.3. The second-order valence-corrected chi connectivity index (χ2v) is 8.11. The van der Waals surface area contributed by atoms with Crippen molar-refractivity contribution in [2.45, 2.75) is 43.4 Å². The Balaban J connectivity index is 1.66. The Morgan fingerprint density at radius 1 is 1.32 bits per heavy atom. The standard InChI is InChI=1S/C20H27FN2O2/c1-25-20(15-5-2-4-14(10-15)18(22)24)16-6-3-7-17(20)12-23(11-16)13-19(21)8-9-19/h2,4-5,10,16-17H,3,6-9,11-13H2,1H3,(H2,22,24). The fourth-order valence-electron chi connectivity index (χ4n) is 5.19. The molecule has 1 aromatic carbocycles. The van der Waals surface area contributed by atoms with Crippen LogP contribution in [0, 0.1) is 11.8 Å². The number of methoxy groups -OCH3 is 1. The van der Waals surface area contributed by atoms with Crippen LogP contribution in [0.2, 0.25) is 0 Å². The van der Waals surface area contributed by atoms with Crippen molar-refractivity contribution < 1.29 is 13.9 Å². The molecule has 5 heteroatoms. The van der Waals surface area contributed by atoms with Gasteiger partial charge in [0, 0.05) is 44.1 Å². The molecule has 1 aliphatic heterocycles. The normalized spacial score (nSPS) is 33.8. The molecule has 4 nitrogen and oxygen atoms in total. The molecular formula is C20H27FN2O2. The number of piperidine rings is 1. The molecule has 3 fully saturated rings. The van der Waals surface area contributed by atoms with E-state index >= 15 is 0 Å². The van der Waals surface area contributed by atoms with E-state index < -0.39 is 17.2 Å². The van der Waals surface area contributed by atoms with Crippen molar-refractivity contribution in [3.63, 3.8) is 0 Å². The number of nitrogens with zero attached hydrogens (tertiary/aromatic N) is 1. The number of alkyl halides is 1. The molecule has 2 unspecified atom stereocenters. The van der Waals surface area contributed by atoms with E-state index in [4.69, 9.17) is 10.5 Å². The van der Waals surface area contributed by atoms with Crippen LogP contribution in [0.4, 0.5) is 4.39 Å². The maximum Gasteiger partial charge on any atom is 0.248 e. The highest BCUT2D eigenvalue weighted by Crippen LogP contribution is 2.52. The van der Waals surface area contributed by atoms with Crippen LogP contribution in [-0.4, -0.2) is 43.2 Å². The summed E-state index contributed by atoms with van der Waals surface area (Å²) < 4.78 is 20.5. The molecule has 3 aliphatic rings. The average molecular weight is 346 g/mol. The summed E-state index contributed by atoms with van der Waals surface area (Å²) in [6, 6.07) is 7.58. The van der Waals surface area contributed by atoms with Crippen LogP contribution in [0.25, 0.3) is 0 Å². The molecular weight excluding hydrogens is 319 g/mol. The quantitative estimate of drug-likeness (QED) is 0.892. The first-order chi connectivity index (χ1) is 12.0. The number of fused-ring (bicyclic) bond motifs is 2. The summed E-state index contributed by atoms with van der Waals surface area (Å²) in [5.41, 5.74) is 5.70. The fourth-order valence-corrected chi connectivity index (χ4v) is 5.19. The van der Waals surface area contributed by atoms with Gasteiger partial charge in [-0.1, -0.05) is 18.6 Å². The molecule has 1 saturated heterocycles. The summed E-state index contributed by atoms with van der Waals surface area (Å²) in [5.74, 6) is 0.217. The Kier molecular flexibility index (Phi) is 4.12. The minimum atomic E-state index is -0.951. The van der Waals surface area contributed by atoms with Gasteiger partial charge >= 0.3 is 0 Å². The van der Waals surface area contributed by atoms with Crippen LogP contribution in [0.5, 0.6) is 0 Å². The molecule has 0 radical (unpaired) electrons. The van der Waals surface area contributed by atoms with Crippen LogP contribution in [0.1, 0.15) is 48.0 Å². The Morgan fingerprint density at radius 3 is 2.56 bits per heavy atom. The molecule has 4 rings (SSSR count). The Labute approximate surface area is 148 Å². The predicted octanol–water partition coefficient (Wildman–Crippen LogP) is 2.86. The molecule has 2 N–H and O–H groups in total. The molecule has 1 amide bonds. The number of nitrogens with two attached hydrogens (primary N) is 1. The van der Waals surface area contributed by atoms with Crippen molar-refractivity contribution >= 4 is 5.91 Å². The average Bonchev–Trinajstić information content (AvgIpc) is 3.31. The van der Waals surface area contributed by atoms with E-state index in [9.17, 15) is 9.18 Å². The predicted molar refractivity (Wildman–Crippen MR) is 94.0 cm³/mol. The molecule has 2 saturated carbocycles. The molecule has 2 aliphatic carbocycles. The fraction of sp³-hybridized carbons (Fsp3) is 0.650. The number of halogens is 1. The summed E-state index contributed by atoms with van der Waals surface area (Å²) in [6.45, 7) is 2.27. The molecule has 0 aromatic heterocycles. The lowest BCUT2D eigenvalue weighted by molar-refractivity contribution is -0.171. The van der Waals surface area contributed by atoms with E-state index in [0.29, 0.717) is 36.8 Å². The van der Waals surface area contributed by atoms with E-state index in [1.165, 1.54) is 6.42 Å². The zero-order valence-corrected chi connectivity index (χ0v) is 14.8. The molecule has 1 aromatic rings. The first-order valence-corrected chi connectivity index (χ1v) is 9.34. The molecule has 25 heavy (non-hydrogen) atoms. The van der Waals surface area contributed by atoms with Crippen molar-refractivity contribution in [1.82, 2.24) is 4.90 Å². The van der Waals surface area contributed by atoms with Crippen molar-refractivity contribution in [2.24, 2.45) is 17.6 Å². The number of likely N-dealkylation sites (tertiary alicyclic amines) is 1. The minimum absolute atomic E-state index is 0.315. The van der Waals surface area contributed by atoms with Gasteiger partial charge in [-0.2, -0.15) is 0 Å². The van der Waals surface area contributed by atoms with Gasteiger partial charge in [-0.15, -0.1) is 0 Å². The lowest BCUT2D eigenvalue weighted by Crippen LogP contribution is -2.59. The molecule has 1 heterocycles. The Morgan fingerprint density at radius 2 is 2.00 bits per heavy atom. The van der Waals surface area contributed by atoms with Crippen molar-refractivity contribution in [3.8, 4) is 0 Å². The highest BCUT2D eigenvalue weighted by molar-refractivity contribution is 5.92. The zero-order valence-electron chi connectivity index (χ0n) is 14.8. The van der Waals surface area contributed by atoms with Gasteiger partial charge in [0.15, 0.2) is 0 Å². The van der Waals surface area contributed by atoms with Gasteiger partial charge in [-0.3, -0.25) is 9.69 Å². The van der Waals surface area contributed by atoms with Crippen molar-refractivity contribution in [1.29, 1.82) is 0 Å². The first-order valence-electron chi connectivity index (χ1n) is 9.34. The number of hydrogen-bond donors (Lipinski definition) is 1. The van der Waals surface area contributed by atoms with E-state index in [1.54, 1.807) is 13.2 Å². The summed E-state index contributed by atoms with van der Waals surface area (Å²) in [5, 5.41) is 0. The van der Waals surface area contributed by atoms with Crippen molar-refractivity contribution in [2.75, 3.05) is 26.7 Å². The van der Waals surface area contributed by atoms with Gasteiger partial charge in [0.25, 0.3) is 0 Å². The van der Waals surface area contributed by atoms with Crippen LogP contribution in [0.3, 0.4) is 0 Å². The lowest BCUT2D eigenvalue weighted by atomic mass is 9.62. The van der Waals surface area contributed by atoms with E-state index in [1.807, 2.05) is 12.1 Å². The van der Waals surface area contributed by atoms with Crippen LogP contribution in [0.15, 0.2) is 24.3 Å². The number of carbonyl (C=O) groups excluding carboxylic acids is 1. The SMILES string of the molecule is COC1(c2cccc(C(N)=O)c2)C2CCCC1CN(CC1(F)CC1)C2. The van der Waals surface area contributed by atoms with Gasteiger partial charge in [0.1, 0.15) is 11.3 Å². The number of amides is 1. The third kappa shape index (κ3) is 2.87. The maximum absolute atomic E-state index is 14.3. The smallest absolute Gasteiger partial charge is 0.248 e. The summed E-state index contributed by atoms with van der Waals surface area (Å²) in [4.78, 5) is 13.9. The van der Waals surface area contributed by atoms with Crippen LogP contribution >= 0.6 is 0 Å². The van der Waals surface area contributed by atoms with Crippen LogP contribution in [-0.2, 0) is 10.3 Å². The highest BCUT2D eigenvalue weighted by atomic mass is 19.1. The summed E-state index contributed by atoms with van der Waals surface area (Å²) >= 11 is 0. The molecule has 136 valence electrons. The van der Waals surface area contributed by atoms with Crippen LogP contribution < -0.4 is 5.73 Å². The highest BCUT2D eigenvalue weighted by Gasteiger charge is 2.55. The third-order valence-corrected chi connectivity index (χ3v) is 6.51. The minimum Gasteiger partial charge on any atom is -0.373 e. The van der Waals surface area contributed by atoms with Gasteiger partial charge < -0.3 is 10.5 Å². The third-order valence-electron chi connectivity index (χ3n) is 6.51. The topological polar surface area (TPSA) is 55.6 Å². The number of primary amides is 1. The molecule has 0 spiro atoms. The van der Waals surface area contributed by atoms with Gasteiger partial charge in [0.2, 0.25) is 5.91 Å². The van der Waals surface area contributed by atoms with E-state index in [0.717, 1.165) is 31.5 Å². The van der Waals surface area contributed by atoms with E-state index in [-0.39, 0.29) is 0 Å². The zero-order chi connectivity index (χ0) is 17.7. The second-order valence-electron chi connectivity index (χ2n) is 8.11. The van der Waals surface area contributed by atoms with E-state index in [2.05, 4.69) is 11.0 Å². The van der Waals surface area contributed by atoms with Gasteiger partial charge in [0.05, 0.1) is 0 Å². The number of carbonyl (C=O) groups is 1. The monoisotopic (exact) mass is 346 g/mol. The Bertz CT molecular complexity index is 659.